The Bertz CT molecular complexity index is 3710. The van der Waals surface area contributed by atoms with Gasteiger partial charge < -0.3 is 31.2 Å². The number of rotatable bonds is 13. The number of hydrogen-bond acceptors (Lipinski definition) is 13. The van der Waals surface area contributed by atoms with E-state index in [-0.39, 0.29) is 29.7 Å². The van der Waals surface area contributed by atoms with Gasteiger partial charge in [0, 0.05) is 26.8 Å². The number of hydrogen-bond donors (Lipinski definition) is 8. The van der Waals surface area contributed by atoms with Gasteiger partial charge in [-0.05, 0) is 111 Å². The highest BCUT2D eigenvalue weighted by Crippen LogP contribution is 2.31. The van der Waals surface area contributed by atoms with Crippen molar-refractivity contribution in [3.05, 3.63) is 173 Å². The number of halogens is 1. The maximum atomic E-state index is 13.4. The number of carbonyl (C=O) groups excluding carboxylic acids is 4. The Morgan fingerprint density at radius 1 is 0.556 bits per heavy atom. The molecule has 0 aliphatic carbocycles. The number of anilines is 4. The van der Waals surface area contributed by atoms with Gasteiger partial charge in [0.2, 0.25) is 11.8 Å². The van der Waals surface area contributed by atoms with E-state index in [0.717, 1.165) is 10.3 Å². The van der Waals surface area contributed by atoms with Crippen LogP contribution >= 0.6 is 11.8 Å². The molecule has 4 heterocycles. The van der Waals surface area contributed by atoms with E-state index in [2.05, 4.69) is 78.6 Å². The van der Waals surface area contributed by atoms with Crippen molar-refractivity contribution in [3.8, 4) is 34.9 Å². The topological polar surface area (TPSA) is 304 Å². The first kappa shape index (κ1) is 46.8. The number of nitriles is 2. The Hall–Kier alpha value is -10.3. The number of thioether (sulfide) groups is 1. The van der Waals surface area contributed by atoms with Crippen molar-refractivity contribution in [2.24, 2.45) is 0 Å². The first-order valence-corrected chi connectivity index (χ1v) is 22.5. The summed E-state index contributed by atoms with van der Waals surface area (Å²) in [5.41, 5.74) is 5.92. The number of tetrazole rings is 2. The molecule has 0 saturated carbocycles. The van der Waals surface area contributed by atoms with Crippen molar-refractivity contribution < 1.29 is 23.6 Å². The summed E-state index contributed by atoms with van der Waals surface area (Å²) in [6.45, 7) is 0. The molecular weight excluding hydrogens is 940 g/mol. The fourth-order valence-electron chi connectivity index (χ4n) is 7.41. The highest BCUT2D eigenvalue weighted by molar-refractivity contribution is 8.00. The average Bonchev–Trinajstić information content (AvgIpc) is 4.25. The number of fused-ring (bicyclic) bond motifs is 2. The molecule has 6 aromatic carbocycles. The minimum Gasteiger partial charge on any atom is -0.349 e. The molecule has 0 saturated heterocycles. The number of aromatic nitrogens is 10. The molecule has 0 spiro atoms. The number of benzene rings is 6. The van der Waals surface area contributed by atoms with E-state index in [1.165, 1.54) is 23.9 Å². The van der Waals surface area contributed by atoms with Crippen LogP contribution in [0.1, 0.15) is 37.7 Å². The lowest BCUT2D eigenvalue weighted by Crippen LogP contribution is -2.15. The fraction of sp³-hybridized carbons (Fsp3) is 0.0400. The van der Waals surface area contributed by atoms with E-state index in [1.54, 1.807) is 84.9 Å². The second-order valence-corrected chi connectivity index (χ2v) is 16.6. The Morgan fingerprint density at radius 2 is 1.08 bits per heavy atom. The zero-order valence-corrected chi connectivity index (χ0v) is 38.0. The van der Waals surface area contributed by atoms with Gasteiger partial charge in [-0.15, -0.1) is 22.0 Å². The molecule has 0 aliphatic heterocycles. The number of carbonyl (C=O) groups is 4. The molecule has 4 amide bonds. The molecule has 0 atom stereocenters. The summed E-state index contributed by atoms with van der Waals surface area (Å²) >= 11 is 1.44. The van der Waals surface area contributed by atoms with Crippen LogP contribution in [-0.2, 0) is 16.0 Å². The maximum Gasteiger partial charge on any atom is 0.272 e. The first-order chi connectivity index (χ1) is 35.1. The number of para-hydroxylation sites is 2. The molecule has 0 bridgehead atoms. The quantitative estimate of drug-likeness (QED) is 0.0509. The summed E-state index contributed by atoms with van der Waals surface area (Å²) in [7, 11) is 0. The molecule has 0 unspecified atom stereocenters. The average molecular weight is 975 g/mol. The Balaban J connectivity index is 0.000000178. The molecule has 352 valence electrons. The smallest absolute Gasteiger partial charge is 0.272 e. The lowest BCUT2D eigenvalue weighted by molar-refractivity contribution is -0.115. The molecule has 4 aromatic heterocycles. The fourth-order valence-corrected chi connectivity index (χ4v) is 8.13. The van der Waals surface area contributed by atoms with E-state index in [0.29, 0.717) is 84.3 Å². The minimum absolute atomic E-state index is 0.000161. The van der Waals surface area contributed by atoms with Crippen LogP contribution in [0.25, 0.3) is 44.6 Å². The number of aromatic amines is 4. The van der Waals surface area contributed by atoms with Crippen LogP contribution in [0.15, 0.2) is 144 Å². The number of nitrogens with zero attached hydrogens (tertiary/aromatic N) is 8. The molecule has 8 N–H and O–H groups in total. The molecule has 0 fully saturated rings. The summed E-state index contributed by atoms with van der Waals surface area (Å²) < 4.78 is 13.4. The van der Waals surface area contributed by atoms with Gasteiger partial charge in [0.1, 0.15) is 17.2 Å². The molecule has 0 radical (unpaired) electrons. The van der Waals surface area contributed by atoms with Gasteiger partial charge in [-0.1, -0.05) is 54.6 Å². The van der Waals surface area contributed by atoms with Crippen LogP contribution in [0.4, 0.5) is 27.1 Å². The lowest BCUT2D eigenvalue weighted by Gasteiger charge is -2.09. The summed E-state index contributed by atoms with van der Waals surface area (Å²) in [6.07, 6.45) is 0.000161. The number of nitrogens with one attached hydrogen (secondary N) is 8. The Morgan fingerprint density at radius 3 is 1.58 bits per heavy atom. The molecule has 0 aliphatic rings. The highest BCUT2D eigenvalue weighted by Gasteiger charge is 2.19. The van der Waals surface area contributed by atoms with Gasteiger partial charge in [-0.2, -0.15) is 10.5 Å². The zero-order valence-electron chi connectivity index (χ0n) is 37.2. The second-order valence-electron chi connectivity index (χ2n) is 15.6. The van der Waals surface area contributed by atoms with E-state index in [9.17, 15) is 34.1 Å². The SMILES string of the molecule is N#Cc1ccc(NC(=O)c2cc3cccc(NC(=O)CSc4ccccc4)c3[nH]2)c(-c2nnn[nH]2)c1.N#Cc1ccc(NC(=O)c2cc3cccc(NC(=O)Cc4cccc(F)c4)c3[nH]2)c(-c2nnn[nH]2)c1. The predicted octanol–water partition coefficient (Wildman–Crippen LogP) is 8.00. The standard InChI is InChI=1S/C25H17FN8O2.C25H18N8O2S/c26-17-5-1-3-14(9-17)11-22(35)28-20-6-2-4-16-12-21(29-23(16)20)25(36)30-19-8-7-15(13-27)10-18(19)24-31-33-34-32-24;26-13-15-9-10-19(18(11-15)24-30-32-33-31-24)29-25(35)21-12-16-5-4-8-20(23(16)28-21)27-22(34)14-36-17-6-2-1-3-7-17/h1-10,12,29H,11H2,(H,28,35)(H,30,36)(H,31,32,33,34);1-12,28H,14H2,(H,27,34)(H,29,35)(H,30,31,32,33). The molecule has 10 aromatic rings. The normalized spacial score (nSPS) is 10.7. The molecule has 20 nitrogen and oxygen atoms in total. The zero-order chi connectivity index (χ0) is 50.0. The molecule has 10 rings (SSSR count). The van der Waals surface area contributed by atoms with Gasteiger partial charge in [0.05, 0.1) is 69.2 Å². The lowest BCUT2D eigenvalue weighted by atomic mass is 10.1. The van der Waals surface area contributed by atoms with E-state index in [1.807, 2.05) is 48.5 Å². The van der Waals surface area contributed by atoms with E-state index >= 15 is 0 Å². The van der Waals surface area contributed by atoms with Gasteiger partial charge in [0.15, 0.2) is 11.6 Å². The van der Waals surface area contributed by atoms with Crippen molar-refractivity contribution in [2.45, 2.75) is 11.3 Å². The van der Waals surface area contributed by atoms with Gasteiger partial charge in [0.25, 0.3) is 11.8 Å². The van der Waals surface area contributed by atoms with E-state index < -0.39 is 17.6 Å². The van der Waals surface area contributed by atoms with Crippen molar-refractivity contribution in [1.29, 1.82) is 10.5 Å². The van der Waals surface area contributed by atoms with Crippen molar-refractivity contribution >= 4 is 79.9 Å². The third-order valence-electron chi connectivity index (χ3n) is 10.7. The molecule has 22 heteroatoms. The van der Waals surface area contributed by atoms with Crippen molar-refractivity contribution in [3.63, 3.8) is 0 Å². The number of H-pyrrole nitrogens is 4. The summed E-state index contributed by atoms with van der Waals surface area (Å²) in [4.78, 5) is 58.4. The van der Waals surface area contributed by atoms with E-state index in [4.69, 9.17) is 0 Å². The van der Waals surface area contributed by atoms with Crippen LogP contribution in [0.5, 0.6) is 0 Å². The van der Waals surface area contributed by atoms with Crippen molar-refractivity contribution in [1.82, 2.24) is 51.2 Å². The third-order valence-corrected chi connectivity index (χ3v) is 11.7. The van der Waals surface area contributed by atoms with Crippen LogP contribution in [0.2, 0.25) is 0 Å². The Labute approximate surface area is 410 Å². The minimum atomic E-state index is -0.443. The summed E-state index contributed by atoms with van der Waals surface area (Å²) in [6, 6.07) is 43.2. The van der Waals surface area contributed by atoms with Gasteiger partial charge in [-0.3, -0.25) is 19.2 Å². The second kappa shape index (κ2) is 21.3. The first-order valence-electron chi connectivity index (χ1n) is 21.6. The predicted molar refractivity (Wildman–Crippen MR) is 266 cm³/mol. The van der Waals surface area contributed by atoms with Gasteiger partial charge in [-0.25, -0.2) is 14.6 Å². The largest absolute Gasteiger partial charge is 0.349 e. The van der Waals surface area contributed by atoms with Crippen LogP contribution in [0.3, 0.4) is 0 Å². The van der Waals surface area contributed by atoms with Gasteiger partial charge >= 0.3 is 0 Å². The number of amides is 4. The third kappa shape index (κ3) is 11.0. The van der Waals surface area contributed by atoms with Crippen LogP contribution in [0, 0.1) is 28.5 Å². The Kier molecular flexibility index (Phi) is 13.9. The monoisotopic (exact) mass is 974 g/mol. The summed E-state index contributed by atoms with van der Waals surface area (Å²) in [5.74, 6) is -0.862. The van der Waals surface area contributed by atoms with Crippen LogP contribution in [-0.4, -0.2) is 80.6 Å². The highest BCUT2D eigenvalue weighted by atomic mass is 32.2. The molecule has 72 heavy (non-hydrogen) atoms. The molecular formula is C50H35FN16O4S. The summed E-state index contributed by atoms with van der Waals surface area (Å²) in [5, 5.41) is 58.6. The maximum absolute atomic E-state index is 13.4. The van der Waals surface area contributed by atoms with Crippen LogP contribution < -0.4 is 21.3 Å². The van der Waals surface area contributed by atoms with Crippen molar-refractivity contribution in [2.75, 3.05) is 27.0 Å².